The average Bonchev–Trinajstić information content (AvgIpc) is 2.99. The Balaban J connectivity index is 1.78. The van der Waals surface area contributed by atoms with Gasteiger partial charge in [0, 0.05) is 35.7 Å². The summed E-state index contributed by atoms with van der Waals surface area (Å²) < 4.78 is 39.2. The number of aromatic nitrogens is 2. The van der Waals surface area contributed by atoms with Crippen LogP contribution in [0, 0.1) is 16.4 Å². The molecule has 0 amide bonds. The Hall–Kier alpha value is -2.71. The van der Waals surface area contributed by atoms with E-state index >= 15 is 0 Å². The van der Waals surface area contributed by atoms with Gasteiger partial charge in [0.2, 0.25) is 10.0 Å². The molecule has 3 heterocycles. The number of fused-ring (bicyclic) bond motifs is 2. The van der Waals surface area contributed by atoms with Crippen LogP contribution in [0.15, 0.2) is 40.9 Å². The molecule has 3 aliphatic heterocycles. The summed E-state index contributed by atoms with van der Waals surface area (Å²) in [6.07, 6.45) is 5.59. The number of nitrogens with zero attached hydrogens (tertiary/aromatic N) is 2. The minimum absolute atomic E-state index is 0.283. The molecule has 6 nitrogen and oxygen atoms in total. The lowest BCUT2D eigenvalue weighted by Gasteiger charge is -2.25. The van der Waals surface area contributed by atoms with Gasteiger partial charge in [-0.2, -0.15) is 4.31 Å². The molecule has 0 aromatic heterocycles. The van der Waals surface area contributed by atoms with Gasteiger partial charge in [-0.25, -0.2) is 12.8 Å². The van der Waals surface area contributed by atoms with Crippen molar-refractivity contribution in [2.75, 3.05) is 25.9 Å². The van der Waals surface area contributed by atoms with Crippen LogP contribution < -0.4 is 5.35 Å². The van der Waals surface area contributed by atoms with Crippen molar-refractivity contribution in [2.45, 2.75) is 6.42 Å². The fourth-order valence-electron chi connectivity index (χ4n) is 4.13. The third kappa shape index (κ3) is 2.71. The number of hydrogen-bond acceptors (Lipinski definition) is 3. The second-order valence-electron chi connectivity index (χ2n) is 7.25. The minimum Gasteiger partial charge on any atom is -0.300 e. The van der Waals surface area contributed by atoms with Gasteiger partial charge < -0.3 is 5.10 Å². The number of hydrogen-bond donors (Lipinski definition) is 2. The van der Waals surface area contributed by atoms with E-state index in [9.17, 15) is 12.8 Å². The topological polar surface area (TPSA) is 81.3 Å². The smallest absolute Gasteiger partial charge is 0.211 e. The SMILES string of the molecule is CS(=O)(=O)N1CC=C(C2=c3[nH][nH]c4ccc5cc(F)cc(c3C=NC2)c5=4)CC1. The van der Waals surface area contributed by atoms with E-state index in [4.69, 9.17) is 0 Å². The minimum atomic E-state index is -3.20. The Morgan fingerprint density at radius 1 is 1.21 bits per heavy atom. The highest BCUT2D eigenvalue weighted by Crippen LogP contribution is 2.24. The van der Waals surface area contributed by atoms with Crippen LogP contribution in [-0.4, -0.2) is 55.0 Å². The molecule has 0 radical (unpaired) electrons. The predicted octanol–water partition coefficient (Wildman–Crippen LogP) is 1.82. The summed E-state index contributed by atoms with van der Waals surface area (Å²) in [4.78, 5) is 4.52. The van der Waals surface area contributed by atoms with Crippen molar-refractivity contribution >= 4 is 32.6 Å². The summed E-state index contributed by atoms with van der Waals surface area (Å²) in [6.45, 7) is 1.30. The molecule has 0 spiro atoms. The first-order chi connectivity index (χ1) is 13.4. The highest BCUT2D eigenvalue weighted by atomic mass is 32.2. The Morgan fingerprint density at radius 2 is 2.07 bits per heavy atom. The molecule has 1 aromatic rings. The molecule has 0 saturated carbocycles. The van der Waals surface area contributed by atoms with Crippen molar-refractivity contribution in [3.8, 4) is 0 Å². The monoisotopic (exact) mass is 398 g/mol. The molecule has 0 fully saturated rings. The van der Waals surface area contributed by atoms with Gasteiger partial charge in [-0.05, 0) is 41.0 Å². The van der Waals surface area contributed by atoms with Gasteiger partial charge in [0.05, 0.1) is 23.5 Å². The van der Waals surface area contributed by atoms with Crippen LogP contribution in [0.3, 0.4) is 0 Å². The van der Waals surface area contributed by atoms with E-state index in [1.54, 1.807) is 12.3 Å². The Morgan fingerprint density at radius 3 is 2.82 bits per heavy atom. The van der Waals surface area contributed by atoms with Gasteiger partial charge in [-0.15, -0.1) is 0 Å². The molecular formula is C20H19FN4O2S. The Bertz CT molecular complexity index is 1410. The maximum Gasteiger partial charge on any atom is 0.211 e. The number of halogens is 1. The van der Waals surface area contributed by atoms with Gasteiger partial charge in [0.15, 0.2) is 0 Å². The van der Waals surface area contributed by atoms with Gasteiger partial charge in [-0.3, -0.25) is 10.1 Å². The van der Waals surface area contributed by atoms with Gasteiger partial charge in [-0.1, -0.05) is 12.1 Å². The van der Waals surface area contributed by atoms with E-state index < -0.39 is 10.0 Å². The molecule has 4 aliphatic rings. The van der Waals surface area contributed by atoms with Gasteiger partial charge in [0.1, 0.15) is 5.82 Å². The van der Waals surface area contributed by atoms with Crippen LogP contribution in [0.25, 0.3) is 16.3 Å². The summed E-state index contributed by atoms with van der Waals surface area (Å²) in [7, 11) is -3.20. The molecule has 28 heavy (non-hydrogen) atoms. The first-order valence-corrected chi connectivity index (χ1v) is 10.9. The lowest BCUT2D eigenvalue weighted by molar-refractivity contribution is 0.438. The quantitative estimate of drug-likeness (QED) is 0.690. The van der Waals surface area contributed by atoms with Crippen molar-refractivity contribution in [1.29, 1.82) is 0 Å². The molecule has 8 heteroatoms. The zero-order valence-corrected chi connectivity index (χ0v) is 16.1. The van der Waals surface area contributed by atoms with Crippen molar-refractivity contribution in [3.05, 3.63) is 63.2 Å². The van der Waals surface area contributed by atoms with Crippen molar-refractivity contribution in [3.63, 3.8) is 0 Å². The molecule has 2 N–H and O–H groups in total. The van der Waals surface area contributed by atoms with Crippen LogP contribution in [0.5, 0.6) is 0 Å². The third-order valence-electron chi connectivity index (χ3n) is 5.51. The number of benzene rings is 1. The molecular weight excluding hydrogens is 379 g/mol. The molecule has 1 aliphatic carbocycles. The van der Waals surface area contributed by atoms with E-state index in [0.717, 1.165) is 43.4 Å². The Labute approximate surface area is 160 Å². The second-order valence-corrected chi connectivity index (χ2v) is 9.23. The zero-order valence-electron chi connectivity index (χ0n) is 15.3. The normalized spacial score (nSPS) is 17.9. The average molecular weight is 398 g/mol. The van der Waals surface area contributed by atoms with E-state index in [1.807, 2.05) is 18.2 Å². The first-order valence-electron chi connectivity index (χ1n) is 9.08. The molecule has 0 saturated heterocycles. The summed E-state index contributed by atoms with van der Waals surface area (Å²) in [5, 5.41) is 10.9. The zero-order chi connectivity index (χ0) is 19.5. The molecule has 0 atom stereocenters. The van der Waals surface area contributed by atoms with Crippen molar-refractivity contribution < 1.29 is 12.8 Å². The van der Waals surface area contributed by atoms with Gasteiger partial charge >= 0.3 is 0 Å². The Kier molecular flexibility index (Phi) is 3.82. The van der Waals surface area contributed by atoms with E-state index in [-0.39, 0.29) is 5.82 Å². The summed E-state index contributed by atoms with van der Waals surface area (Å²) >= 11 is 0. The maximum absolute atomic E-state index is 14.2. The third-order valence-corrected chi connectivity index (χ3v) is 6.78. The maximum atomic E-state index is 14.2. The van der Waals surface area contributed by atoms with Crippen LogP contribution in [-0.2, 0) is 10.0 Å². The van der Waals surface area contributed by atoms with Crippen molar-refractivity contribution in [2.24, 2.45) is 4.99 Å². The van der Waals surface area contributed by atoms with Crippen LogP contribution in [0.2, 0.25) is 0 Å². The number of nitrogens with one attached hydrogen (secondary N) is 2. The molecule has 0 bridgehead atoms. The lowest BCUT2D eigenvalue weighted by atomic mass is 9.96. The standard InChI is InChI=1S/C20H19FN4O2S/c1-28(26,27)25-6-4-12(5-7-25)16-10-22-11-17-15-9-14(21)8-13-2-3-18(19(13)15)23-24-20(16)17/h2-4,8-9,11,23-24H,5-7,10H2,1H3. The highest BCUT2D eigenvalue weighted by molar-refractivity contribution is 7.88. The summed E-state index contributed by atoms with van der Waals surface area (Å²) in [6, 6.07) is 6.90. The lowest BCUT2D eigenvalue weighted by Crippen LogP contribution is -2.35. The highest BCUT2D eigenvalue weighted by Gasteiger charge is 2.22. The van der Waals surface area contributed by atoms with Gasteiger partial charge in [0.25, 0.3) is 0 Å². The largest absolute Gasteiger partial charge is 0.300 e. The second kappa shape index (κ2) is 6.15. The summed E-state index contributed by atoms with van der Waals surface area (Å²) in [5.74, 6) is -0.283. The first kappa shape index (κ1) is 17.4. The van der Waals surface area contributed by atoms with E-state index in [1.165, 1.54) is 16.6 Å². The number of aliphatic imine (C=N–C) groups is 1. The number of aromatic amines is 2. The fourth-order valence-corrected chi connectivity index (χ4v) is 4.90. The molecule has 1 aromatic carbocycles. The fraction of sp³-hybridized carbons (Fsp3) is 0.250. The molecule has 0 unspecified atom stereocenters. The predicted molar refractivity (Wildman–Crippen MR) is 107 cm³/mol. The molecule has 5 rings (SSSR count). The summed E-state index contributed by atoms with van der Waals surface area (Å²) in [5.41, 5.74) is 2.93. The number of H-pyrrole nitrogens is 2. The molecule has 144 valence electrons. The number of rotatable bonds is 2. The number of sulfonamides is 1. The van der Waals surface area contributed by atoms with Crippen LogP contribution in [0.1, 0.15) is 12.0 Å². The van der Waals surface area contributed by atoms with Crippen LogP contribution >= 0.6 is 0 Å². The van der Waals surface area contributed by atoms with Crippen LogP contribution in [0.4, 0.5) is 4.39 Å². The van der Waals surface area contributed by atoms with Crippen molar-refractivity contribution in [1.82, 2.24) is 14.5 Å². The van der Waals surface area contributed by atoms with E-state index in [2.05, 4.69) is 15.2 Å². The van der Waals surface area contributed by atoms with E-state index in [0.29, 0.717) is 26.1 Å².